The van der Waals surface area contributed by atoms with Crippen LogP contribution in [0.1, 0.15) is 60.7 Å². The van der Waals surface area contributed by atoms with Gasteiger partial charge < -0.3 is 4.74 Å². The maximum atomic E-state index is 13.5. The number of nitrogens with zero attached hydrogens (tertiary/aromatic N) is 4. The van der Waals surface area contributed by atoms with Gasteiger partial charge in [-0.25, -0.2) is 9.80 Å². The smallest absolute Gasteiger partial charge is 0.430 e. The average Bonchev–Trinajstić information content (AvgIpc) is 2.84. The lowest BCUT2D eigenvalue weighted by Gasteiger charge is -2.46. The van der Waals surface area contributed by atoms with E-state index in [-0.39, 0.29) is 0 Å². The Morgan fingerprint density at radius 2 is 1.57 bits per heavy atom. The van der Waals surface area contributed by atoms with E-state index in [4.69, 9.17) is 4.74 Å². The van der Waals surface area contributed by atoms with Gasteiger partial charge in [-0.1, -0.05) is 12.1 Å². The molecular formula is C21H26N4O5. The second-order valence-electron chi connectivity index (χ2n) is 8.72. The Hall–Kier alpha value is -2.94. The molecule has 0 aliphatic carbocycles. The lowest BCUT2D eigenvalue weighted by atomic mass is 10.1. The van der Waals surface area contributed by atoms with E-state index in [2.05, 4.69) is 0 Å². The number of hydrazine groups is 2. The van der Waals surface area contributed by atoms with Crippen molar-refractivity contribution in [2.75, 3.05) is 19.6 Å². The fraction of sp³-hybridized carbons (Fsp3) is 0.524. The van der Waals surface area contributed by atoms with Crippen molar-refractivity contribution in [3.8, 4) is 0 Å². The van der Waals surface area contributed by atoms with Crippen LogP contribution in [0.5, 0.6) is 0 Å². The third kappa shape index (κ3) is 3.43. The van der Waals surface area contributed by atoms with Crippen molar-refractivity contribution in [2.24, 2.45) is 0 Å². The Bertz CT molecular complexity index is 874. The molecular weight excluding hydrogens is 388 g/mol. The molecule has 30 heavy (non-hydrogen) atoms. The number of carbonyl (C=O) groups excluding carboxylic acids is 4. The summed E-state index contributed by atoms with van der Waals surface area (Å²) in [7, 11) is 0. The Morgan fingerprint density at radius 3 is 2.17 bits per heavy atom. The van der Waals surface area contributed by atoms with E-state index in [0.29, 0.717) is 37.2 Å². The van der Waals surface area contributed by atoms with Crippen molar-refractivity contribution in [3.63, 3.8) is 0 Å². The van der Waals surface area contributed by atoms with Gasteiger partial charge in [-0.05, 0) is 52.2 Å². The first kappa shape index (κ1) is 20.3. The predicted molar refractivity (Wildman–Crippen MR) is 106 cm³/mol. The number of rotatable bonds is 1. The first-order valence-electron chi connectivity index (χ1n) is 10.3. The van der Waals surface area contributed by atoms with Gasteiger partial charge >= 0.3 is 6.09 Å². The highest BCUT2D eigenvalue weighted by atomic mass is 16.6. The molecule has 0 aromatic heterocycles. The molecule has 1 aromatic rings. The molecule has 0 spiro atoms. The molecule has 3 heterocycles. The number of amides is 4. The van der Waals surface area contributed by atoms with Gasteiger partial charge in [0.25, 0.3) is 17.7 Å². The Balaban J connectivity index is 1.63. The second kappa shape index (κ2) is 7.39. The molecule has 2 fully saturated rings. The van der Waals surface area contributed by atoms with Gasteiger partial charge in [0.1, 0.15) is 11.6 Å². The molecule has 2 saturated heterocycles. The SMILES string of the molecule is CC(C)(C)OC(=O)N1CCCCN2CCC(N3C(=O)c4ccccc4C3=O)C(=O)N21. The number of benzene rings is 1. The van der Waals surface area contributed by atoms with Gasteiger partial charge in [-0.2, -0.15) is 10.1 Å². The molecule has 1 atom stereocenters. The van der Waals surface area contributed by atoms with E-state index in [1.165, 1.54) is 10.1 Å². The highest BCUT2D eigenvalue weighted by Gasteiger charge is 2.49. The maximum Gasteiger partial charge on any atom is 0.430 e. The number of ether oxygens (including phenoxy) is 1. The molecule has 0 bridgehead atoms. The second-order valence-corrected chi connectivity index (χ2v) is 8.72. The third-order valence-electron chi connectivity index (χ3n) is 5.42. The summed E-state index contributed by atoms with van der Waals surface area (Å²) in [6, 6.07) is 5.60. The molecule has 4 rings (SSSR count). The molecule has 3 aliphatic heterocycles. The topological polar surface area (TPSA) is 90.5 Å². The summed E-state index contributed by atoms with van der Waals surface area (Å²) in [6.07, 6.45) is 1.24. The van der Waals surface area contributed by atoms with Crippen LogP contribution >= 0.6 is 0 Å². The van der Waals surface area contributed by atoms with Crippen LogP contribution in [0, 0.1) is 0 Å². The van der Waals surface area contributed by atoms with E-state index in [0.717, 1.165) is 17.7 Å². The Labute approximate surface area is 175 Å². The van der Waals surface area contributed by atoms with Crippen LogP contribution in [0.15, 0.2) is 24.3 Å². The van der Waals surface area contributed by atoms with Crippen LogP contribution in [-0.2, 0) is 9.53 Å². The molecule has 1 unspecified atom stereocenters. The van der Waals surface area contributed by atoms with E-state index in [1.807, 2.05) is 0 Å². The number of fused-ring (bicyclic) bond motifs is 2. The van der Waals surface area contributed by atoms with Crippen molar-refractivity contribution in [3.05, 3.63) is 35.4 Å². The highest BCUT2D eigenvalue weighted by Crippen LogP contribution is 2.30. The van der Waals surface area contributed by atoms with Crippen molar-refractivity contribution >= 4 is 23.8 Å². The average molecular weight is 414 g/mol. The summed E-state index contributed by atoms with van der Waals surface area (Å²) in [6.45, 7) is 6.68. The zero-order valence-electron chi connectivity index (χ0n) is 17.5. The van der Waals surface area contributed by atoms with Crippen LogP contribution in [0.25, 0.3) is 0 Å². The number of carbonyl (C=O) groups is 4. The van der Waals surface area contributed by atoms with E-state index < -0.39 is 35.5 Å². The van der Waals surface area contributed by atoms with Gasteiger partial charge in [0.05, 0.1) is 11.1 Å². The van der Waals surface area contributed by atoms with Crippen LogP contribution in [0.4, 0.5) is 4.79 Å². The molecule has 160 valence electrons. The van der Waals surface area contributed by atoms with Gasteiger partial charge in [-0.15, -0.1) is 0 Å². The summed E-state index contributed by atoms with van der Waals surface area (Å²) >= 11 is 0. The minimum absolute atomic E-state index is 0.303. The summed E-state index contributed by atoms with van der Waals surface area (Å²) in [5, 5.41) is 4.39. The lowest BCUT2D eigenvalue weighted by molar-refractivity contribution is -0.203. The molecule has 9 nitrogen and oxygen atoms in total. The van der Waals surface area contributed by atoms with Crippen molar-refractivity contribution in [1.29, 1.82) is 0 Å². The van der Waals surface area contributed by atoms with E-state index in [9.17, 15) is 19.2 Å². The third-order valence-corrected chi connectivity index (χ3v) is 5.42. The Kier molecular flexibility index (Phi) is 5.01. The maximum absolute atomic E-state index is 13.5. The van der Waals surface area contributed by atoms with E-state index in [1.54, 1.807) is 50.0 Å². The van der Waals surface area contributed by atoms with Gasteiger partial charge in [0, 0.05) is 19.6 Å². The largest absolute Gasteiger partial charge is 0.442 e. The Morgan fingerprint density at radius 1 is 0.967 bits per heavy atom. The number of imide groups is 1. The van der Waals surface area contributed by atoms with Gasteiger partial charge in [0.15, 0.2) is 0 Å². The van der Waals surface area contributed by atoms with Gasteiger partial charge in [-0.3, -0.25) is 19.3 Å². The van der Waals surface area contributed by atoms with Crippen molar-refractivity contribution in [1.82, 2.24) is 20.0 Å². The van der Waals surface area contributed by atoms with E-state index >= 15 is 0 Å². The van der Waals surface area contributed by atoms with Crippen molar-refractivity contribution in [2.45, 2.75) is 51.7 Å². The normalized spacial score (nSPS) is 22.7. The summed E-state index contributed by atoms with van der Waals surface area (Å²) in [4.78, 5) is 53.2. The first-order chi connectivity index (χ1) is 14.2. The summed E-state index contributed by atoms with van der Waals surface area (Å²) in [5.74, 6) is -1.41. The fourth-order valence-corrected chi connectivity index (χ4v) is 4.10. The summed E-state index contributed by atoms with van der Waals surface area (Å²) in [5.41, 5.74) is -0.107. The zero-order chi connectivity index (χ0) is 21.6. The van der Waals surface area contributed by atoms with Crippen molar-refractivity contribution < 1.29 is 23.9 Å². The minimum Gasteiger partial charge on any atom is -0.442 e. The van der Waals surface area contributed by atoms with Crippen LogP contribution in [-0.4, -0.2) is 75.1 Å². The lowest BCUT2D eigenvalue weighted by Crippen LogP contribution is -2.66. The first-order valence-corrected chi connectivity index (χ1v) is 10.3. The highest BCUT2D eigenvalue weighted by molar-refractivity contribution is 6.22. The predicted octanol–water partition coefficient (Wildman–Crippen LogP) is 2.05. The summed E-state index contributed by atoms with van der Waals surface area (Å²) < 4.78 is 5.50. The fourth-order valence-electron chi connectivity index (χ4n) is 4.10. The molecule has 0 N–H and O–H groups in total. The molecule has 1 aromatic carbocycles. The standard InChI is InChI=1S/C21H26N4O5/c1-21(2,3)30-20(29)23-12-7-6-11-22-13-10-16(19(28)25(22)23)24-17(26)14-8-4-5-9-15(14)18(24)27/h4-5,8-9,16H,6-7,10-13H2,1-3H3. The molecule has 9 heteroatoms. The number of hydrogen-bond donors (Lipinski definition) is 0. The van der Waals surface area contributed by atoms with Crippen LogP contribution in [0.2, 0.25) is 0 Å². The van der Waals surface area contributed by atoms with Gasteiger partial charge in [0.2, 0.25) is 0 Å². The monoisotopic (exact) mass is 414 g/mol. The number of hydrogen-bond acceptors (Lipinski definition) is 6. The van der Waals surface area contributed by atoms with Crippen LogP contribution in [0.3, 0.4) is 0 Å². The minimum atomic E-state index is -0.961. The zero-order valence-corrected chi connectivity index (χ0v) is 17.5. The van der Waals surface area contributed by atoms with Crippen LogP contribution < -0.4 is 0 Å². The molecule has 0 radical (unpaired) electrons. The quantitative estimate of drug-likeness (QED) is 0.654. The molecule has 4 amide bonds. The molecule has 0 saturated carbocycles. The molecule has 3 aliphatic rings.